The fraction of sp³-hybridized carbons (Fsp3) is 0.300. The summed E-state index contributed by atoms with van der Waals surface area (Å²) < 4.78 is 5.10. The van der Waals surface area contributed by atoms with Crippen molar-refractivity contribution >= 4 is 45.0 Å². The number of benzene rings is 1. The average molecular weight is 412 g/mol. The Kier molecular flexibility index (Phi) is 5.06. The van der Waals surface area contributed by atoms with Gasteiger partial charge in [0.05, 0.1) is 11.1 Å². The predicted molar refractivity (Wildman–Crippen MR) is 109 cm³/mol. The Morgan fingerprint density at radius 2 is 2.14 bits per heavy atom. The molecule has 150 valence electrons. The van der Waals surface area contributed by atoms with E-state index in [-0.39, 0.29) is 5.69 Å². The predicted octanol–water partition coefficient (Wildman–Crippen LogP) is 2.64. The summed E-state index contributed by atoms with van der Waals surface area (Å²) in [7, 11) is 0. The molecule has 1 aliphatic carbocycles. The maximum Gasteiger partial charge on any atom is 0.359 e. The number of aromatic amines is 1. The van der Waals surface area contributed by atoms with Crippen molar-refractivity contribution < 1.29 is 19.1 Å². The molecule has 1 atom stereocenters. The summed E-state index contributed by atoms with van der Waals surface area (Å²) in [6.07, 6.45) is 2.60. The van der Waals surface area contributed by atoms with Crippen LogP contribution in [0.3, 0.4) is 0 Å². The Morgan fingerprint density at radius 3 is 2.93 bits per heavy atom. The minimum Gasteiger partial charge on any atom is -0.451 e. The van der Waals surface area contributed by atoms with Crippen LogP contribution in [-0.2, 0) is 22.4 Å². The maximum atomic E-state index is 12.3. The zero-order valence-corrected chi connectivity index (χ0v) is 16.6. The van der Waals surface area contributed by atoms with Gasteiger partial charge < -0.3 is 15.8 Å². The molecule has 2 amide bonds. The lowest BCUT2D eigenvalue weighted by molar-refractivity contribution is -0.119. The molecule has 2 aromatic heterocycles. The van der Waals surface area contributed by atoms with Crippen LogP contribution in [0.15, 0.2) is 24.3 Å². The molecule has 3 aromatic rings. The van der Waals surface area contributed by atoms with Crippen molar-refractivity contribution in [2.75, 3.05) is 11.9 Å². The third-order valence-electron chi connectivity index (χ3n) is 5.01. The van der Waals surface area contributed by atoms with Gasteiger partial charge in [0.15, 0.2) is 12.3 Å². The van der Waals surface area contributed by atoms with Crippen LogP contribution in [-0.4, -0.2) is 34.6 Å². The van der Waals surface area contributed by atoms with Gasteiger partial charge in [0.2, 0.25) is 0 Å². The van der Waals surface area contributed by atoms with Crippen LogP contribution < -0.4 is 11.1 Å². The van der Waals surface area contributed by atoms with Gasteiger partial charge in [-0.25, -0.2) is 4.79 Å². The first-order valence-electron chi connectivity index (χ1n) is 9.28. The van der Waals surface area contributed by atoms with Crippen molar-refractivity contribution in [2.24, 2.45) is 11.7 Å². The molecule has 0 radical (unpaired) electrons. The molecule has 0 saturated heterocycles. The van der Waals surface area contributed by atoms with Gasteiger partial charge >= 0.3 is 5.97 Å². The molecule has 9 heteroatoms. The molecule has 4 rings (SSSR count). The highest BCUT2D eigenvalue weighted by Gasteiger charge is 2.27. The van der Waals surface area contributed by atoms with Crippen molar-refractivity contribution in [3.05, 3.63) is 46.0 Å². The van der Waals surface area contributed by atoms with E-state index in [2.05, 4.69) is 22.4 Å². The number of primary amides is 1. The minimum absolute atomic E-state index is 0.117. The van der Waals surface area contributed by atoms with Crippen LogP contribution in [0, 0.1) is 5.92 Å². The number of aromatic nitrogens is 2. The molecule has 0 unspecified atom stereocenters. The van der Waals surface area contributed by atoms with Crippen LogP contribution in [0.4, 0.5) is 5.00 Å². The zero-order valence-electron chi connectivity index (χ0n) is 15.8. The number of H-pyrrole nitrogens is 1. The molecular weight excluding hydrogens is 392 g/mol. The highest BCUT2D eigenvalue weighted by molar-refractivity contribution is 7.17. The summed E-state index contributed by atoms with van der Waals surface area (Å²) in [5.41, 5.74) is 7.67. The van der Waals surface area contributed by atoms with Crippen molar-refractivity contribution in [3.63, 3.8) is 0 Å². The largest absolute Gasteiger partial charge is 0.451 e. The number of fused-ring (bicyclic) bond motifs is 2. The molecule has 0 saturated carbocycles. The van der Waals surface area contributed by atoms with E-state index in [9.17, 15) is 14.4 Å². The summed E-state index contributed by atoms with van der Waals surface area (Å²) in [6, 6.07) is 7.13. The second kappa shape index (κ2) is 7.67. The number of para-hydroxylation sites is 1. The second-order valence-electron chi connectivity index (χ2n) is 7.16. The summed E-state index contributed by atoms with van der Waals surface area (Å²) in [6.45, 7) is 1.67. The molecule has 4 N–H and O–H groups in total. The van der Waals surface area contributed by atoms with E-state index in [1.165, 1.54) is 11.3 Å². The average Bonchev–Trinajstić information content (AvgIpc) is 3.26. The lowest BCUT2D eigenvalue weighted by atomic mass is 9.88. The van der Waals surface area contributed by atoms with E-state index in [0.29, 0.717) is 27.4 Å². The van der Waals surface area contributed by atoms with E-state index in [1.807, 2.05) is 6.07 Å². The molecule has 1 aliphatic rings. The number of hydrogen-bond donors (Lipinski definition) is 3. The van der Waals surface area contributed by atoms with Crippen LogP contribution in [0.5, 0.6) is 0 Å². The Hall–Kier alpha value is -3.20. The smallest absolute Gasteiger partial charge is 0.359 e. The lowest BCUT2D eigenvalue weighted by Crippen LogP contribution is -2.23. The quantitative estimate of drug-likeness (QED) is 0.555. The number of esters is 1. The number of nitrogens with one attached hydrogen (secondary N) is 2. The SMILES string of the molecule is C[C@@H]1CCc2c(sc(NC(=O)COC(=O)c3n[nH]c4ccccc34)c2C(N)=O)C1. The molecule has 8 nitrogen and oxygen atoms in total. The van der Waals surface area contributed by atoms with Crippen LogP contribution >= 0.6 is 11.3 Å². The normalized spacial score (nSPS) is 15.7. The van der Waals surface area contributed by atoms with Gasteiger partial charge in [0, 0.05) is 10.3 Å². The number of nitrogens with zero attached hydrogens (tertiary/aromatic N) is 1. The van der Waals surface area contributed by atoms with Gasteiger partial charge in [-0.1, -0.05) is 25.1 Å². The van der Waals surface area contributed by atoms with Crippen LogP contribution in [0.1, 0.15) is 44.6 Å². The third kappa shape index (κ3) is 3.73. The summed E-state index contributed by atoms with van der Waals surface area (Å²) in [4.78, 5) is 37.7. The van der Waals surface area contributed by atoms with E-state index in [4.69, 9.17) is 10.5 Å². The van der Waals surface area contributed by atoms with Gasteiger partial charge in [0.25, 0.3) is 11.8 Å². The molecule has 0 fully saturated rings. The lowest BCUT2D eigenvalue weighted by Gasteiger charge is -2.18. The Bertz CT molecular complexity index is 1120. The third-order valence-corrected chi connectivity index (χ3v) is 6.18. The number of thiophene rings is 1. The molecular formula is C20H20N4O4S. The molecule has 0 spiro atoms. The number of ether oxygens (including phenoxy) is 1. The second-order valence-corrected chi connectivity index (χ2v) is 8.27. The highest BCUT2D eigenvalue weighted by atomic mass is 32.1. The Labute approximate surface area is 170 Å². The zero-order chi connectivity index (χ0) is 20.5. The van der Waals surface area contributed by atoms with E-state index < -0.39 is 24.4 Å². The van der Waals surface area contributed by atoms with Crippen LogP contribution in [0.25, 0.3) is 10.9 Å². The topological polar surface area (TPSA) is 127 Å². The van der Waals surface area contributed by atoms with Gasteiger partial charge in [-0.2, -0.15) is 5.10 Å². The minimum atomic E-state index is -0.702. The summed E-state index contributed by atoms with van der Waals surface area (Å²) >= 11 is 1.37. The molecule has 29 heavy (non-hydrogen) atoms. The number of nitrogens with two attached hydrogens (primary N) is 1. The standard InChI is InChI=1S/C20H20N4O4S/c1-10-6-7-12-14(8-10)29-19(16(12)18(21)26)22-15(25)9-28-20(27)17-11-4-2-3-5-13(11)23-24-17/h2-5,10H,6-9H2,1H3,(H2,21,26)(H,22,25)(H,23,24)/t10-/m1/s1. The van der Waals surface area contributed by atoms with E-state index in [1.54, 1.807) is 18.2 Å². The maximum absolute atomic E-state index is 12.3. The molecule has 2 heterocycles. The van der Waals surface area contributed by atoms with Gasteiger partial charge in [-0.05, 0) is 36.8 Å². The van der Waals surface area contributed by atoms with Crippen molar-refractivity contribution in [2.45, 2.75) is 26.2 Å². The van der Waals surface area contributed by atoms with Crippen LogP contribution in [0.2, 0.25) is 0 Å². The Balaban J connectivity index is 1.45. The fourth-order valence-corrected chi connectivity index (χ4v) is 5.01. The van der Waals surface area contributed by atoms with Crippen molar-refractivity contribution in [3.8, 4) is 0 Å². The number of hydrogen-bond acceptors (Lipinski definition) is 6. The number of amides is 2. The van der Waals surface area contributed by atoms with E-state index in [0.717, 1.165) is 29.7 Å². The molecule has 0 aliphatic heterocycles. The number of rotatable bonds is 5. The first kappa shape index (κ1) is 19.1. The van der Waals surface area contributed by atoms with Crippen molar-refractivity contribution in [1.82, 2.24) is 10.2 Å². The Morgan fingerprint density at radius 1 is 1.34 bits per heavy atom. The number of carbonyl (C=O) groups is 3. The van der Waals surface area contributed by atoms with Gasteiger partial charge in [0.1, 0.15) is 5.00 Å². The summed E-state index contributed by atoms with van der Waals surface area (Å²) in [5.74, 6) is -1.28. The first-order chi connectivity index (χ1) is 13.9. The van der Waals surface area contributed by atoms with E-state index >= 15 is 0 Å². The monoisotopic (exact) mass is 412 g/mol. The molecule has 0 bridgehead atoms. The van der Waals surface area contributed by atoms with Gasteiger partial charge in [-0.3, -0.25) is 14.7 Å². The van der Waals surface area contributed by atoms with Crippen molar-refractivity contribution in [1.29, 1.82) is 0 Å². The fourth-order valence-electron chi connectivity index (χ4n) is 3.58. The number of anilines is 1. The highest BCUT2D eigenvalue weighted by Crippen LogP contribution is 2.39. The molecule has 1 aromatic carbocycles. The van der Waals surface area contributed by atoms with Gasteiger partial charge in [-0.15, -0.1) is 11.3 Å². The number of carbonyl (C=O) groups excluding carboxylic acids is 3. The first-order valence-corrected chi connectivity index (χ1v) is 10.1. The summed E-state index contributed by atoms with van der Waals surface area (Å²) in [5, 5.41) is 10.4.